The highest BCUT2D eigenvalue weighted by molar-refractivity contribution is 7.71. The van der Waals surface area contributed by atoms with Crippen LogP contribution in [0.5, 0.6) is 5.75 Å². The Labute approximate surface area is 160 Å². The molecular formula is C18H17N5O3S. The van der Waals surface area contributed by atoms with Gasteiger partial charge >= 0.3 is 0 Å². The van der Waals surface area contributed by atoms with Gasteiger partial charge in [-0.3, -0.25) is 15.2 Å². The van der Waals surface area contributed by atoms with Gasteiger partial charge in [-0.15, -0.1) is 0 Å². The molecule has 0 aliphatic heterocycles. The van der Waals surface area contributed by atoms with Crippen molar-refractivity contribution in [3.05, 3.63) is 80.4 Å². The van der Waals surface area contributed by atoms with Crippen molar-refractivity contribution in [1.29, 1.82) is 0 Å². The van der Waals surface area contributed by atoms with Crippen molar-refractivity contribution in [3.8, 4) is 5.75 Å². The lowest BCUT2D eigenvalue weighted by Gasteiger charge is -2.09. The first-order valence-electron chi connectivity index (χ1n) is 8.24. The van der Waals surface area contributed by atoms with Crippen molar-refractivity contribution in [2.45, 2.75) is 20.0 Å². The Morgan fingerprint density at radius 1 is 1.30 bits per heavy atom. The largest absolute Gasteiger partial charge is 0.488 e. The van der Waals surface area contributed by atoms with Gasteiger partial charge in [-0.05, 0) is 42.0 Å². The molecule has 0 fully saturated rings. The van der Waals surface area contributed by atoms with Crippen LogP contribution >= 0.6 is 12.2 Å². The lowest BCUT2D eigenvalue weighted by atomic mass is 10.2. The second kappa shape index (κ2) is 8.37. The molecule has 0 bridgehead atoms. The number of hydrogen-bond acceptors (Lipinski definition) is 6. The van der Waals surface area contributed by atoms with E-state index in [9.17, 15) is 10.1 Å². The van der Waals surface area contributed by atoms with E-state index in [0.717, 1.165) is 17.0 Å². The molecule has 1 N–H and O–H groups in total. The maximum atomic E-state index is 10.7. The van der Waals surface area contributed by atoms with Crippen LogP contribution in [0.3, 0.4) is 0 Å². The van der Waals surface area contributed by atoms with Crippen molar-refractivity contribution in [3.63, 3.8) is 0 Å². The summed E-state index contributed by atoms with van der Waals surface area (Å²) in [5, 5.41) is 21.9. The zero-order chi connectivity index (χ0) is 19.2. The number of hydrogen-bond donors (Lipinski definition) is 1. The van der Waals surface area contributed by atoms with Crippen LogP contribution in [0.4, 0.5) is 5.69 Å². The van der Waals surface area contributed by atoms with Crippen LogP contribution in [0.15, 0.2) is 53.6 Å². The smallest absolute Gasteiger partial charge is 0.269 e. The quantitative estimate of drug-likeness (QED) is 0.289. The van der Waals surface area contributed by atoms with E-state index in [4.69, 9.17) is 17.0 Å². The lowest BCUT2D eigenvalue weighted by molar-refractivity contribution is -0.384. The first kappa shape index (κ1) is 18.5. The van der Waals surface area contributed by atoms with Gasteiger partial charge in [0.15, 0.2) is 5.82 Å². The number of nitro benzene ring substituents is 1. The summed E-state index contributed by atoms with van der Waals surface area (Å²) in [6, 6.07) is 13.7. The number of non-ortho nitro benzene ring substituents is 1. The number of ether oxygens (including phenoxy) is 1. The summed E-state index contributed by atoms with van der Waals surface area (Å²) in [5.74, 6) is 1.38. The van der Waals surface area contributed by atoms with Gasteiger partial charge in [0, 0.05) is 24.1 Å². The summed E-state index contributed by atoms with van der Waals surface area (Å²) in [6.45, 7) is 2.26. The van der Waals surface area contributed by atoms with Gasteiger partial charge in [-0.1, -0.05) is 19.1 Å². The molecule has 0 saturated heterocycles. The summed E-state index contributed by atoms with van der Waals surface area (Å²) in [4.78, 5) is 10.3. The molecule has 138 valence electrons. The third kappa shape index (κ3) is 4.45. The standard InChI is InChI=1S/C18H17N5O3S/c1-2-17-20-21-18(27)22(17)19-11-14-5-3-4-6-16(14)26-12-13-7-9-15(10-8-13)23(24)25/h3-11H,2,12H2,1H3,(H,21,27)/b19-11-. The third-order valence-electron chi connectivity index (χ3n) is 3.81. The van der Waals surface area contributed by atoms with Crippen LogP contribution in [-0.4, -0.2) is 26.0 Å². The number of aryl methyl sites for hydroxylation is 1. The van der Waals surface area contributed by atoms with Crippen LogP contribution in [-0.2, 0) is 13.0 Å². The predicted octanol–water partition coefficient (Wildman–Crippen LogP) is 3.87. The van der Waals surface area contributed by atoms with E-state index in [2.05, 4.69) is 15.3 Å². The molecule has 0 unspecified atom stereocenters. The molecule has 3 aromatic rings. The van der Waals surface area contributed by atoms with Gasteiger partial charge in [0.2, 0.25) is 4.77 Å². The van der Waals surface area contributed by atoms with Crippen molar-refractivity contribution in [1.82, 2.24) is 14.9 Å². The summed E-state index contributed by atoms with van der Waals surface area (Å²) >= 11 is 5.18. The maximum Gasteiger partial charge on any atom is 0.269 e. The average molecular weight is 383 g/mol. The Bertz CT molecular complexity index is 1020. The highest BCUT2D eigenvalue weighted by Gasteiger charge is 2.06. The van der Waals surface area contributed by atoms with Crippen molar-refractivity contribution in [2.24, 2.45) is 5.10 Å². The van der Waals surface area contributed by atoms with Gasteiger partial charge in [0.25, 0.3) is 5.69 Å². The maximum absolute atomic E-state index is 10.7. The normalized spacial score (nSPS) is 11.0. The molecule has 0 aliphatic rings. The van der Waals surface area contributed by atoms with Gasteiger partial charge in [-0.2, -0.15) is 14.9 Å². The number of H-pyrrole nitrogens is 1. The molecule has 1 aromatic heterocycles. The fourth-order valence-corrected chi connectivity index (χ4v) is 2.58. The zero-order valence-corrected chi connectivity index (χ0v) is 15.3. The number of aromatic amines is 1. The molecule has 1 heterocycles. The monoisotopic (exact) mass is 383 g/mol. The average Bonchev–Trinajstić information content (AvgIpc) is 3.05. The Hall–Kier alpha value is -3.33. The van der Waals surface area contributed by atoms with Crippen LogP contribution in [0.1, 0.15) is 23.9 Å². The molecule has 0 aliphatic carbocycles. The fraction of sp³-hybridized carbons (Fsp3) is 0.167. The number of para-hydroxylation sites is 1. The predicted molar refractivity (Wildman–Crippen MR) is 104 cm³/mol. The summed E-state index contributed by atoms with van der Waals surface area (Å²) in [6.07, 6.45) is 2.36. The topological polar surface area (TPSA) is 98.3 Å². The SMILES string of the molecule is CCc1n[nH]c(=S)n1/N=C\c1ccccc1OCc1ccc([N+](=O)[O-])cc1. The highest BCUT2D eigenvalue weighted by Crippen LogP contribution is 2.19. The van der Waals surface area contributed by atoms with Crippen LogP contribution in [0.2, 0.25) is 0 Å². The molecule has 2 aromatic carbocycles. The van der Waals surface area contributed by atoms with Gasteiger partial charge in [0.05, 0.1) is 11.1 Å². The van der Waals surface area contributed by atoms with Gasteiger partial charge in [-0.25, -0.2) is 0 Å². The number of rotatable bonds is 7. The second-order valence-corrected chi connectivity index (χ2v) is 5.99. The minimum absolute atomic E-state index is 0.0508. The number of aromatic nitrogens is 3. The first-order valence-corrected chi connectivity index (χ1v) is 8.65. The van der Waals surface area contributed by atoms with E-state index in [-0.39, 0.29) is 12.3 Å². The molecule has 0 atom stereocenters. The van der Waals surface area contributed by atoms with Gasteiger partial charge in [0.1, 0.15) is 12.4 Å². The molecule has 0 amide bonds. The number of nitrogens with one attached hydrogen (secondary N) is 1. The highest BCUT2D eigenvalue weighted by atomic mass is 32.1. The van der Waals surface area contributed by atoms with E-state index in [1.54, 1.807) is 23.0 Å². The second-order valence-electron chi connectivity index (χ2n) is 5.60. The summed E-state index contributed by atoms with van der Waals surface area (Å²) < 4.78 is 7.86. The molecule has 9 heteroatoms. The molecule has 3 rings (SSSR count). The minimum Gasteiger partial charge on any atom is -0.488 e. The molecule has 0 spiro atoms. The number of benzene rings is 2. The van der Waals surface area contributed by atoms with Crippen molar-refractivity contribution in [2.75, 3.05) is 0 Å². The third-order valence-corrected chi connectivity index (χ3v) is 4.07. The van der Waals surface area contributed by atoms with E-state index < -0.39 is 4.92 Å². The van der Waals surface area contributed by atoms with Gasteiger partial charge < -0.3 is 4.74 Å². The molecule has 0 saturated carbocycles. The molecule has 0 radical (unpaired) electrons. The zero-order valence-electron chi connectivity index (χ0n) is 14.5. The number of nitro groups is 1. The Kier molecular flexibility index (Phi) is 5.72. The molecular weight excluding hydrogens is 366 g/mol. The van der Waals surface area contributed by atoms with E-state index in [1.165, 1.54) is 12.1 Å². The lowest BCUT2D eigenvalue weighted by Crippen LogP contribution is -2.00. The summed E-state index contributed by atoms with van der Waals surface area (Å²) in [7, 11) is 0. The van der Waals surface area contributed by atoms with Crippen molar-refractivity contribution >= 4 is 24.1 Å². The van der Waals surface area contributed by atoms with Crippen molar-refractivity contribution < 1.29 is 9.66 Å². The first-order chi connectivity index (χ1) is 13.1. The molecule has 27 heavy (non-hydrogen) atoms. The summed E-state index contributed by atoms with van der Waals surface area (Å²) in [5.41, 5.74) is 1.66. The fourth-order valence-electron chi connectivity index (χ4n) is 2.39. The Balaban J connectivity index is 1.76. The van der Waals surface area contributed by atoms with Crippen LogP contribution in [0.25, 0.3) is 0 Å². The van der Waals surface area contributed by atoms with Crippen LogP contribution in [0, 0.1) is 14.9 Å². The Morgan fingerprint density at radius 3 is 2.74 bits per heavy atom. The van der Waals surface area contributed by atoms with Crippen LogP contribution < -0.4 is 4.74 Å². The van der Waals surface area contributed by atoms with E-state index in [0.29, 0.717) is 16.9 Å². The Morgan fingerprint density at radius 2 is 2.04 bits per heavy atom. The van der Waals surface area contributed by atoms with E-state index >= 15 is 0 Å². The number of nitrogens with zero attached hydrogens (tertiary/aromatic N) is 4. The molecule has 8 nitrogen and oxygen atoms in total. The minimum atomic E-state index is -0.429. The van der Waals surface area contributed by atoms with E-state index in [1.807, 2.05) is 31.2 Å².